The summed E-state index contributed by atoms with van der Waals surface area (Å²) < 4.78 is 1.46. The molecule has 1 aromatic carbocycles. The first kappa shape index (κ1) is 15.2. The van der Waals surface area contributed by atoms with E-state index < -0.39 is 0 Å². The Morgan fingerprint density at radius 1 is 1.50 bits per heavy atom. The predicted octanol–water partition coefficient (Wildman–Crippen LogP) is 2.41. The lowest BCUT2D eigenvalue weighted by atomic mass is 10.2. The van der Waals surface area contributed by atoms with E-state index >= 15 is 0 Å². The van der Waals surface area contributed by atoms with Crippen LogP contribution >= 0.6 is 23.4 Å². The third-order valence-electron chi connectivity index (χ3n) is 2.79. The number of nitrogens with one attached hydrogen (secondary N) is 2. The molecule has 2 aromatic rings. The predicted molar refractivity (Wildman–Crippen MR) is 81.4 cm³/mol. The molecule has 2 rings (SSSR count). The summed E-state index contributed by atoms with van der Waals surface area (Å²) in [6.07, 6.45) is 1.11. The van der Waals surface area contributed by atoms with Gasteiger partial charge in [0.25, 0.3) is 0 Å². The molecule has 0 radical (unpaired) electrons. The van der Waals surface area contributed by atoms with Crippen LogP contribution in [0.2, 0.25) is 5.02 Å². The summed E-state index contributed by atoms with van der Waals surface area (Å²) in [5.41, 5.74) is 0.910. The summed E-state index contributed by atoms with van der Waals surface area (Å²) in [6, 6.07) is 5.92. The second-order valence-corrected chi connectivity index (χ2v) is 5.83. The standard InChI is InChI=1S/C13H17ClN4OS/c1-3-6-15-8-9-4-5-11(10(14)7-9)20-13-17-16-12(19)18(13)2/h4-5,7,15H,3,6,8H2,1-2H3,(H,16,19). The molecule has 0 spiro atoms. The lowest BCUT2D eigenvalue weighted by Crippen LogP contribution is -2.13. The molecular weight excluding hydrogens is 296 g/mol. The lowest BCUT2D eigenvalue weighted by molar-refractivity contribution is 0.675. The average molecular weight is 313 g/mol. The van der Waals surface area contributed by atoms with Crippen molar-refractivity contribution in [1.29, 1.82) is 0 Å². The molecule has 0 saturated carbocycles. The molecule has 7 heteroatoms. The van der Waals surface area contributed by atoms with Crippen LogP contribution in [0.1, 0.15) is 18.9 Å². The van der Waals surface area contributed by atoms with Crippen LogP contribution in [0, 0.1) is 0 Å². The number of rotatable bonds is 6. The molecule has 0 aliphatic rings. The Kier molecular flexibility index (Phi) is 5.28. The lowest BCUT2D eigenvalue weighted by Gasteiger charge is -2.07. The van der Waals surface area contributed by atoms with Gasteiger partial charge in [-0.15, -0.1) is 5.10 Å². The number of aromatic nitrogens is 3. The molecule has 0 bridgehead atoms. The first-order valence-corrected chi connectivity index (χ1v) is 7.59. The van der Waals surface area contributed by atoms with Crippen molar-refractivity contribution in [1.82, 2.24) is 20.1 Å². The zero-order valence-electron chi connectivity index (χ0n) is 11.4. The van der Waals surface area contributed by atoms with E-state index in [9.17, 15) is 4.79 Å². The molecule has 0 aliphatic heterocycles. The van der Waals surface area contributed by atoms with Gasteiger partial charge in [0.2, 0.25) is 0 Å². The Morgan fingerprint density at radius 3 is 2.90 bits per heavy atom. The quantitative estimate of drug-likeness (QED) is 0.804. The number of H-pyrrole nitrogens is 1. The van der Waals surface area contributed by atoms with E-state index in [2.05, 4.69) is 22.4 Å². The highest BCUT2D eigenvalue weighted by Crippen LogP contribution is 2.31. The molecule has 2 N–H and O–H groups in total. The Bertz CT molecular complexity index is 638. The number of hydrogen-bond donors (Lipinski definition) is 2. The summed E-state index contributed by atoms with van der Waals surface area (Å²) in [5.74, 6) is 0. The minimum absolute atomic E-state index is 0.232. The van der Waals surface area contributed by atoms with Crippen LogP contribution in [0.3, 0.4) is 0 Å². The van der Waals surface area contributed by atoms with Gasteiger partial charge in [0.1, 0.15) is 0 Å². The molecule has 0 saturated heterocycles. The fourth-order valence-corrected chi connectivity index (χ4v) is 2.79. The fourth-order valence-electron chi connectivity index (χ4n) is 1.67. The Hall–Kier alpha value is -1.24. The highest BCUT2D eigenvalue weighted by Gasteiger charge is 2.09. The van der Waals surface area contributed by atoms with Gasteiger partial charge in [-0.2, -0.15) is 0 Å². The van der Waals surface area contributed by atoms with Crippen LogP contribution < -0.4 is 11.0 Å². The minimum atomic E-state index is -0.232. The zero-order valence-corrected chi connectivity index (χ0v) is 13.0. The van der Waals surface area contributed by atoms with Crippen molar-refractivity contribution < 1.29 is 0 Å². The van der Waals surface area contributed by atoms with E-state index in [4.69, 9.17) is 11.6 Å². The maximum Gasteiger partial charge on any atom is 0.343 e. The van der Waals surface area contributed by atoms with E-state index in [1.54, 1.807) is 7.05 Å². The smallest absolute Gasteiger partial charge is 0.313 e. The molecule has 20 heavy (non-hydrogen) atoms. The molecule has 0 aliphatic carbocycles. The molecule has 0 atom stereocenters. The topological polar surface area (TPSA) is 62.7 Å². The maximum absolute atomic E-state index is 11.3. The monoisotopic (exact) mass is 312 g/mol. The van der Waals surface area contributed by atoms with E-state index in [1.807, 2.05) is 18.2 Å². The molecule has 108 valence electrons. The van der Waals surface area contributed by atoms with Crippen LogP contribution in [0.15, 0.2) is 33.0 Å². The van der Waals surface area contributed by atoms with Gasteiger partial charge in [-0.25, -0.2) is 9.89 Å². The summed E-state index contributed by atoms with van der Waals surface area (Å²) >= 11 is 7.64. The van der Waals surface area contributed by atoms with Crippen LogP contribution in [-0.4, -0.2) is 21.3 Å². The summed E-state index contributed by atoms with van der Waals surface area (Å²) in [4.78, 5) is 12.2. The highest BCUT2D eigenvalue weighted by atomic mass is 35.5. The molecule has 0 amide bonds. The first-order valence-electron chi connectivity index (χ1n) is 6.40. The van der Waals surface area contributed by atoms with Crippen LogP contribution in [0.4, 0.5) is 0 Å². The first-order chi connectivity index (χ1) is 9.61. The molecule has 0 fully saturated rings. The third-order valence-corrected chi connectivity index (χ3v) is 4.34. The van der Waals surface area contributed by atoms with Crippen LogP contribution in [0.5, 0.6) is 0 Å². The van der Waals surface area contributed by atoms with Crippen molar-refractivity contribution in [2.24, 2.45) is 7.05 Å². The normalized spacial score (nSPS) is 10.9. The number of aromatic amines is 1. The molecule has 1 aromatic heterocycles. The van der Waals surface area contributed by atoms with Gasteiger partial charge in [0, 0.05) is 18.5 Å². The van der Waals surface area contributed by atoms with Crippen molar-refractivity contribution in [2.45, 2.75) is 29.9 Å². The van der Waals surface area contributed by atoms with Gasteiger partial charge >= 0.3 is 5.69 Å². The van der Waals surface area contributed by atoms with Gasteiger partial charge in [0.05, 0.1) is 5.02 Å². The van der Waals surface area contributed by atoms with Gasteiger partial charge in [-0.05, 0) is 42.4 Å². The van der Waals surface area contributed by atoms with Crippen molar-refractivity contribution in [2.75, 3.05) is 6.54 Å². The Balaban J connectivity index is 2.09. The van der Waals surface area contributed by atoms with Gasteiger partial charge in [-0.3, -0.25) is 4.57 Å². The summed E-state index contributed by atoms with van der Waals surface area (Å²) in [7, 11) is 1.67. The second kappa shape index (κ2) is 6.97. The van der Waals surface area contributed by atoms with Crippen molar-refractivity contribution in [3.63, 3.8) is 0 Å². The van der Waals surface area contributed by atoms with Crippen molar-refractivity contribution >= 4 is 23.4 Å². The van der Waals surface area contributed by atoms with Crippen LogP contribution in [-0.2, 0) is 13.6 Å². The Morgan fingerprint density at radius 2 is 2.30 bits per heavy atom. The molecule has 5 nitrogen and oxygen atoms in total. The molecule has 0 unspecified atom stereocenters. The molecule has 1 heterocycles. The molecular formula is C13H17ClN4OS. The number of nitrogens with zero attached hydrogens (tertiary/aromatic N) is 2. The van der Waals surface area contributed by atoms with Crippen molar-refractivity contribution in [3.8, 4) is 0 Å². The SMILES string of the molecule is CCCNCc1ccc(Sc2n[nH]c(=O)n2C)c(Cl)c1. The van der Waals surface area contributed by atoms with E-state index in [-0.39, 0.29) is 5.69 Å². The van der Waals surface area contributed by atoms with Gasteiger partial charge in [-0.1, -0.05) is 24.6 Å². The fraction of sp³-hybridized carbons (Fsp3) is 0.385. The van der Waals surface area contributed by atoms with E-state index in [1.165, 1.54) is 16.3 Å². The summed E-state index contributed by atoms with van der Waals surface area (Å²) in [5, 5.41) is 10.9. The maximum atomic E-state index is 11.3. The number of hydrogen-bond acceptors (Lipinski definition) is 4. The van der Waals surface area contributed by atoms with Crippen LogP contribution in [0.25, 0.3) is 0 Å². The van der Waals surface area contributed by atoms with E-state index in [0.717, 1.165) is 30.0 Å². The summed E-state index contributed by atoms with van der Waals surface area (Å²) in [6.45, 7) is 3.93. The largest absolute Gasteiger partial charge is 0.343 e. The minimum Gasteiger partial charge on any atom is -0.313 e. The second-order valence-electron chi connectivity index (χ2n) is 4.41. The highest BCUT2D eigenvalue weighted by molar-refractivity contribution is 7.99. The Labute approximate surface area is 126 Å². The van der Waals surface area contributed by atoms with Crippen molar-refractivity contribution in [3.05, 3.63) is 39.3 Å². The van der Waals surface area contributed by atoms with E-state index in [0.29, 0.717) is 10.2 Å². The number of benzene rings is 1. The van der Waals surface area contributed by atoms with Gasteiger partial charge < -0.3 is 5.32 Å². The zero-order chi connectivity index (χ0) is 14.5. The average Bonchev–Trinajstić information content (AvgIpc) is 2.74. The number of halogens is 1. The van der Waals surface area contributed by atoms with Gasteiger partial charge in [0.15, 0.2) is 5.16 Å². The third kappa shape index (κ3) is 3.65.